The molecule has 2 aliphatic rings. The molecule has 2 aromatic rings. The number of ketones is 1. The Hall–Kier alpha value is -3.80. The zero-order valence-electron chi connectivity index (χ0n) is 21.1. The maximum atomic E-state index is 13.3. The monoisotopic (exact) mass is 539 g/mol. The topological polar surface area (TPSA) is 164 Å². The Balaban J connectivity index is 1.36. The van der Waals surface area contributed by atoms with E-state index in [-0.39, 0.29) is 42.1 Å². The van der Waals surface area contributed by atoms with Crippen molar-refractivity contribution < 1.29 is 19.2 Å². The molecule has 0 bridgehead atoms. The fourth-order valence-corrected chi connectivity index (χ4v) is 5.67. The summed E-state index contributed by atoms with van der Waals surface area (Å²) in [7, 11) is 0. The average Bonchev–Trinajstić information content (AvgIpc) is 3.60. The maximum Gasteiger partial charge on any atom is 0.243 e. The molecule has 3 heterocycles. The Kier molecular flexibility index (Phi) is 9.06. The molecule has 12 heteroatoms. The summed E-state index contributed by atoms with van der Waals surface area (Å²) in [5, 5.41) is 4.86. The molecule has 0 saturated carbocycles. The van der Waals surface area contributed by atoms with Crippen LogP contribution in [0.4, 0.5) is 0 Å². The van der Waals surface area contributed by atoms with Crippen LogP contribution in [-0.4, -0.2) is 82.0 Å². The normalized spacial score (nSPS) is 19.5. The number of fused-ring (bicyclic) bond motifs is 1. The number of carbonyl (C=O) groups is 4. The molecule has 0 radical (unpaired) electrons. The van der Waals surface area contributed by atoms with E-state index in [2.05, 4.69) is 15.3 Å². The largest absolute Gasteiger partial charge is 0.370 e. The van der Waals surface area contributed by atoms with Gasteiger partial charge in [0.2, 0.25) is 23.5 Å². The van der Waals surface area contributed by atoms with Gasteiger partial charge in [0.15, 0.2) is 11.0 Å². The number of thiazole rings is 1. The molecule has 0 unspecified atom stereocenters. The van der Waals surface area contributed by atoms with E-state index in [0.717, 1.165) is 5.56 Å². The molecule has 38 heavy (non-hydrogen) atoms. The number of rotatable bonds is 11. The van der Waals surface area contributed by atoms with Gasteiger partial charge in [-0.15, -0.1) is 11.3 Å². The van der Waals surface area contributed by atoms with Gasteiger partial charge in [-0.05, 0) is 37.7 Å². The van der Waals surface area contributed by atoms with Crippen LogP contribution in [-0.2, 0) is 20.8 Å². The number of aryl methyl sites for hydroxylation is 1. The zero-order chi connectivity index (χ0) is 27.1. The molecule has 202 valence electrons. The Labute approximate surface area is 225 Å². The van der Waals surface area contributed by atoms with Crippen molar-refractivity contribution in [3.63, 3.8) is 0 Å². The van der Waals surface area contributed by atoms with Gasteiger partial charge in [-0.3, -0.25) is 24.2 Å². The minimum absolute atomic E-state index is 0.0370. The molecule has 0 aliphatic carbocycles. The van der Waals surface area contributed by atoms with E-state index in [1.807, 2.05) is 30.3 Å². The smallest absolute Gasteiger partial charge is 0.243 e. The van der Waals surface area contributed by atoms with Crippen LogP contribution in [0.5, 0.6) is 0 Å². The second-order valence-corrected chi connectivity index (χ2v) is 10.4. The second-order valence-electron chi connectivity index (χ2n) is 9.52. The molecule has 1 aromatic heterocycles. The van der Waals surface area contributed by atoms with Crippen LogP contribution in [0.3, 0.4) is 0 Å². The quantitative estimate of drug-likeness (QED) is 0.164. The summed E-state index contributed by atoms with van der Waals surface area (Å²) >= 11 is 1.21. The predicted octanol–water partition coefficient (Wildman–Crippen LogP) is 0.699. The lowest BCUT2D eigenvalue weighted by molar-refractivity contribution is -0.151. The first-order valence-electron chi connectivity index (χ1n) is 12.8. The van der Waals surface area contributed by atoms with Crippen molar-refractivity contribution in [1.29, 1.82) is 0 Å². The number of benzene rings is 1. The average molecular weight is 540 g/mol. The summed E-state index contributed by atoms with van der Waals surface area (Å²) in [6.07, 6.45) is 4.37. The standard InChI is InChI=1S/C26H33N7O4S/c27-26(28)30-12-4-7-19(23(36)25-29-13-14-38-25)31-24(37)20-10-9-18-15-32(16-22(35)33(18)20)21(34)11-8-17-5-2-1-3-6-17/h1-3,5-6,13-14,18-20H,4,7-12,15-16H2,(H,31,37)(H4,27,28,30)/t18-,19-,20-/m0/s1. The highest BCUT2D eigenvalue weighted by atomic mass is 32.1. The second kappa shape index (κ2) is 12.6. The van der Waals surface area contributed by atoms with Gasteiger partial charge in [-0.2, -0.15) is 0 Å². The number of nitrogens with one attached hydrogen (secondary N) is 1. The molecule has 3 atom stereocenters. The predicted molar refractivity (Wildman–Crippen MR) is 143 cm³/mol. The molecule has 4 rings (SSSR count). The van der Waals surface area contributed by atoms with Gasteiger partial charge in [0.25, 0.3) is 0 Å². The van der Waals surface area contributed by atoms with Crippen molar-refractivity contribution in [3.8, 4) is 0 Å². The van der Waals surface area contributed by atoms with Gasteiger partial charge < -0.3 is 26.6 Å². The van der Waals surface area contributed by atoms with Crippen molar-refractivity contribution in [2.45, 2.75) is 56.7 Å². The molecule has 3 amide bonds. The number of aromatic nitrogens is 1. The van der Waals surface area contributed by atoms with E-state index >= 15 is 0 Å². The Bertz CT molecular complexity index is 1170. The van der Waals surface area contributed by atoms with Crippen LogP contribution in [0.15, 0.2) is 46.9 Å². The van der Waals surface area contributed by atoms with Crippen LogP contribution in [0.25, 0.3) is 0 Å². The number of Topliss-reactive ketones (excluding diaryl/α,β-unsaturated/α-hetero) is 1. The van der Waals surface area contributed by atoms with E-state index in [4.69, 9.17) is 11.5 Å². The Morgan fingerprint density at radius 2 is 1.97 bits per heavy atom. The summed E-state index contributed by atoms with van der Waals surface area (Å²) in [5.74, 6) is -1.01. The summed E-state index contributed by atoms with van der Waals surface area (Å²) in [6.45, 7) is 0.682. The van der Waals surface area contributed by atoms with Gasteiger partial charge in [-0.25, -0.2) is 4.98 Å². The summed E-state index contributed by atoms with van der Waals surface area (Å²) in [5.41, 5.74) is 11.8. The summed E-state index contributed by atoms with van der Waals surface area (Å²) in [4.78, 5) is 63.5. The van der Waals surface area contributed by atoms with Crippen molar-refractivity contribution in [1.82, 2.24) is 20.1 Å². The molecule has 5 N–H and O–H groups in total. The number of hydrogen-bond donors (Lipinski definition) is 3. The van der Waals surface area contributed by atoms with E-state index < -0.39 is 12.1 Å². The molecule has 2 saturated heterocycles. The lowest BCUT2D eigenvalue weighted by Gasteiger charge is -2.39. The number of carbonyl (C=O) groups excluding carboxylic acids is 4. The SMILES string of the molecule is NC(N)=NCCC[C@H](NC(=O)[C@@H]1CC[C@H]2CN(C(=O)CCc3ccccc3)CC(=O)N21)C(=O)c1nccs1. The Morgan fingerprint density at radius 1 is 1.18 bits per heavy atom. The summed E-state index contributed by atoms with van der Waals surface area (Å²) in [6, 6.07) is 8.04. The number of amides is 3. The first kappa shape index (κ1) is 27.2. The first-order chi connectivity index (χ1) is 18.3. The number of nitrogens with zero attached hydrogens (tertiary/aromatic N) is 4. The van der Waals surface area contributed by atoms with Crippen LogP contribution < -0.4 is 16.8 Å². The van der Waals surface area contributed by atoms with Gasteiger partial charge in [0.05, 0.1) is 18.6 Å². The van der Waals surface area contributed by atoms with E-state index in [9.17, 15) is 19.2 Å². The van der Waals surface area contributed by atoms with Crippen molar-refractivity contribution in [2.24, 2.45) is 16.5 Å². The highest BCUT2D eigenvalue weighted by Gasteiger charge is 2.46. The third-order valence-electron chi connectivity index (χ3n) is 6.89. The number of piperazine rings is 1. The van der Waals surface area contributed by atoms with Gasteiger partial charge in [0.1, 0.15) is 6.04 Å². The Morgan fingerprint density at radius 3 is 2.68 bits per heavy atom. The highest BCUT2D eigenvalue weighted by Crippen LogP contribution is 2.29. The number of nitrogens with two attached hydrogens (primary N) is 2. The van der Waals surface area contributed by atoms with E-state index in [0.29, 0.717) is 56.6 Å². The van der Waals surface area contributed by atoms with Crippen LogP contribution in [0.2, 0.25) is 0 Å². The van der Waals surface area contributed by atoms with Gasteiger partial charge >= 0.3 is 0 Å². The lowest BCUT2D eigenvalue weighted by Crippen LogP contribution is -2.60. The number of guanidine groups is 1. The van der Waals surface area contributed by atoms with Crippen LogP contribution in [0, 0.1) is 0 Å². The molecule has 11 nitrogen and oxygen atoms in total. The lowest BCUT2D eigenvalue weighted by atomic mass is 10.1. The highest BCUT2D eigenvalue weighted by molar-refractivity contribution is 7.11. The van der Waals surface area contributed by atoms with Crippen molar-refractivity contribution >= 4 is 40.8 Å². The summed E-state index contributed by atoms with van der Waals surface area (Å²) < 4.78 is 0. The van der Waals surface area contributed by atoms with Gasteiger partial charge in [0, 0.05) is 31.1 Å². The zero-order valence-corrected chi connectivity index (χ0v) is 21.9. The van der Waals surface area contributed by atoms with Crippen molar-refractivity contribution in [2.75, 3.05) is 19.6 Å². The fraction of sp³-hybridized carbons (Fsp3) is 0.462. The molecule has 1 aromatic carbocycles. The van der Waals surface area contributed by atoms with Gasteiger partial charge in [-0.1, -0.05) is 30.3 Å². The van der Waals surface area contributed by atoms with E-state index in [1.165, 1.54) is 17.5 Å². The van der Waals surface area contributed by atoms with E-state index in [1.54, 1.807) is 15.2 Å². The minimum Gasteiger partial charge on any atom is -0.370 e. The van der Waals surface area contributed by atoms with Crippen LogP contribution in [0.1, 0.15) is 47.5 Å². The third kappa shape index (κ3) is 6.74. The molecular formula is C26H33N7O4S. The van der Waals surface area contributed by atoms with Crippen LogP contribution >= 0.6 is 11.3 Å². The number of hydrogen-bond acceptors (Lipinski definition) is 7. The maximum absolute atomic E-state index is 13.3. The molecule has 2 fully saturated rings. The first-order valence-corrected chi connectivity index (χ1v) is 13.6. The third-order valence-corrected chi connectivity index (χ3v) is 7.68. The van der Waals surface area contributed by atoms with Crippen molar-refractivity contribution in [3.05, 3.63) is 52.5 Å². The molecular weight excluding hydrogens is 506 g/mol. The number of aliphatic imine (C=N–C) groups is 1. The molecule has 2 aliphatic heterocycles. The molecule has 0 spiro atoms. The fourth-order valence-electron chi connectivity index (χ4n) is 5.04. The minimum atomic E-state index is -0.808.